The van der Waals surface area contributed by atoms with Crippen LogP contribution in [0.25, 0.3) is 0 Å². The molecule has 1 amide bonds. The molecule has 18 heavy (non-hydrogen) atoms. The number of oxazole rings is 1. The maximum atomic E-state index is 11.7. The molecule has 0 bridgehead atoms. The number of aryl methyl sites for hydroxylation is 2. The molecule has 0 spiro atoms. The maximum Gasteiger partial charge on any atom is 0.227 e. The van der Waals surface area contributed by atoms with Crippen molar-refractivity contribution < 1.29 is 9.21 Å². The Morgan fingerprint density at radius 3 is 2.89 bits per heavy atom. The van der Waals surface area contributed by atoms with Crippen LogP contribution in [0.4, 0.5) is 0 Å². The van der Waals surface area contributed by atoms with Crippen LogP contribution in [-0.4, -0.2) is 10.9 Å². The van der Waals surface area contributed by atoms with Crippen LogP contribution in [0.15, 0.2) is 35.1 Å². The highest BCUT2D eigenvalue weighted by molar-refractivity contribution is 5.78. The Hall–Kier alpha value is -2.10. The molecule has 0 radical (unpaired) electrons. The normalized spacial score (nSPS) is 10.3. The third kappa shape index (κ3) is 3.20. The largest absolute Gasteiger partial charge is 0.448 e. The van der Waals surface area contributed by atoms with Gasteiger partial charge < -0.3 is 9.73 Å². The van der Waals surface area contributed by atoms with Crippen LogP contribution in [0.3, 0.4) is 0 Å². The van der Waals surface area contributed by atoms with Gasteiger partial charge in [-0.2, -0.15) is 0 Å². The fourth-order valence-electron chi connectivity index (χ4n) is 1.73. The molecule has 0 unspecified atom stereocenters. The quantitative estimate of drug-likeness (QED) is 0.896. The standard InChI is InChI=1S/C14H16N2O2/c1-10-4-3-5-12(6-10)8-15-14(17)7-13-11(2)16-9-18-13/h3-6,9H,7-8H2,1-2H3,(H,15,17). The second-order valence-electron chi connectivity index (χ2n) is 4.30. The topological polar surface area (TPSA) is 55.1 Å². The Bertz CT molecular complexity index is 546. The lowest BCUT2D eigenvalue weighted by atomic mass is 10.1. The van der Waals surface area contributed by atoms with Gasteiger partial charge in [0.05, 0.1) is 12.1 Å². The molecule has 4 heteroatoms. The smallest absolute Gasteiger partial charge is 0.227 e. The Morgan fingerprint density at radius 1 is 1.39 bits per heavy atom. The number of rotatable bonds is 4. The van der Waals surface area contributed by atoms with Crippen molar-refractivity contribution in [1.29, 1.82) is 0 Å². The Morgan fingerprint density at radius 2 is 2.22 bits per heavy atom. The maximum absolute atomic E-state index is 11.7. The van der Waals surface area contributed by atoms with E-state index in [4.69, 9.17) is 4.42 Å². The highest BCUT2D eigenvalue weighted by atomic mass is 16.3. The molecule has 2 rings (SSSR count). The average molecular weight is 244 g/mol. The van der Waals surface area contributed by atoms with Crippen LogP contribution >= 0.6 is 0 Å². The van der Waals surface area contributed by atoms with Gasteiger partial charge >= 0.3 is 0 Å². The summed E-state index contributed by atoms with van der Waals surface area (Å²) in [6.45, 7) is 4.39. The van der Waals surface area contributed by atoms with Gasteiger partial charge in [0, 0.05) is 6.54 Å². The summed E-state index contributed by atoms with van der Waals surface area (Å²) in [6.07, 6.45) is 1.59. The average Bonchev–Trinajstić information content (AvgIpc) is 2.73. The van der Waals surface area contributed by atoms with E-state index in [0.29, 0.717) is 12.3 Å². The first-order valence-corrected chi connectivity index (χ1v) is 5.86. The zero-order valence-corrected chi connectivity index (χ0v) is 10.6. The molecule has 1 N–H and O–H groups in total. The third-order valence-corrected chi connectivity index (χ3v) is 2.74. The molecule has 0 saturated heterocycles. The van der Waals surface area contributed by atoms with E-state index in [1.54, 1.807) is 0 Å². The molecule has 0 atom stereocenters. The van der Waals surface area contributed by atoms with Crippen molar-refractivity contribution in [1.82, 2.24) is 10.3 Å². The van der Waals surface area contributed by atoms with E-state index >= 15 is 0 Å². The Labute approximate surface area is 106 Å². The van der Waals surface area contributed by atoms with Crippen molar-refractivity contribution in [2.45, 2.75) is 26.8 Å². The first kappa shape index (κ1) is 12.4. The minimum absolute atomic E-state index is 0.0589. The SMILES string of the molecule is Cc1cccc(CNC(=O)Cc2ocnc2C)c1. The van der Waals surface area contributed by atoms with Gasteiger partial charge in [0.1, 0.15) is 5.76 Å². The van der Waals surface area contributed by atoms with Crippen molar-refractivity contribution in [2.75, 3.05) is 0 Å². The number of hydrogen-bond donors (Lipinski definition) is 1. The summed E-state index contributed by atoms with van der Waals surface area (Å²) < 4.78 is 5.13. The Kier molecular flexibility index (Phi) is 3.77. The summed E-state index contributed by atoms with van der Waals surface area (Å²) in [5.41, 5.74) is 3.05. The predicted molar refractivity (Wildman–Crippen MR) is 68.0 cm³/mol. The first-order chi connectivity index (χ1) is 8.65. The summed E-state index contributed by atoms with van der Waals surface area (Å²) >= 11 is 0. The van der Waals surface area contributed by atoms with Crippen molar-refractivity contribution in [2.24, 2.45) is 0 Å². The van der Waals surface area contributed by atoms with Gasteiger partial charge in [0.2, 0.25) is 5.91 Å². The molecule has 0 fully saturated rings. The van der Waals surface area contributed by atoms with E-state index in [-0.39, 0.29) is 12.3 Å². The predicted octanol–water partition coefficient (Wildman–Crippen LogP) is 2.15. The third-order valence-electron chi connectivity index (χ3n) is 2.74. The van der Waals surface area contributed by atoms with Gasteiger partial charge in [0.15, 0.2) is 6.39 Å². The van der Waals surface area contributed by atoms with Gasteiger partial charge in [-0.25, -0.2) is 4.98 Å². The molecular weight excluding hydrogens is 228 g/mol. The fraction of sp³-hybridized carbons (Fsp3) is 0.286. The second-order valence-corrected chi connectivity index (χ2v) is 4.30. The monoisotopic (exact) mass is 244 g/mol. The van der Waals surface area contributed by atoms with Crippen molar-refractivity contribution in [3.63, 3.8) is 0 Å². The first-order valence-electron chi connectivity index (χ1n) is 5.86. The van der Waals surface area contributed by atoms with Gasteiger partial charge in [0.25, 0.3) is 0 Å². The molecule has 2 aromatic rings. The molecule has 94 valence electrons. The summed E-state index contributed by atoms with van der Waals surface area (Å²) in [7, 11) is 0. The number of hydrogen-bond acceptors (Lipinski definition) is 3. The molecule has 1 aromatic carbocycles. The lowest BCUT2D eigenvalue weighted by Gasteiger charge is -2.05. The summed E-state index contributed by atoms with van der Waals surface area (Å²) in [5.74, 6) is 0.563. The number of aromatic nitrogens is 1. The molecule has 0 aliphatic heterocycles. The van der Waals surface area contributed by atoms with Crippen LogP contribution in [0, 0.1) is 13.8 Å². The molecule has 0 aliphatic carbocycles. The van der Waals surface area contributed by atoms with E-state index in [2.05, 4.69) is 16.4 Å². The van der Waals surface area contributed by atoms with Crippen molar-refractivity contribution in [3.05, 3.63) is 53.2 Å². The highest BCUT2D eigenvalue weighted by Gasteiger charge is 2.09. The van der Waals surface area contributed by atoms with E-state index in [1.165, 1.54) is 12.0 Å². The lowest BCUT2D eigenvalue weighted by Crippen LogP contribution is -2.24. The summed E-state index contributed by atoms with van der Waals surface area (Å²) in [4.78, 5) is 15.7. The minimum atomic E-state index is -0.0589. The fourth-order valence-corrected chi connectivity index (χ4v) is 1.73. The van der Waals surface area contributed by atoms with Gasteiger partial charge in [-0.15, -0.1) is 0 Å². The Balaban J connectivity index is 1.87. The molecule has 4 nitrogen and oxygen atoms in total. The van der Waals surface area contributed by atoms with Crippen LogP contribution < -0.4 is 5.32 Å². The van der Waals surface area contributed by atoms with Gasteiger partial charge in [-0.3, -0.25) is 4.79 Å². The zero-order valence-electron chi connectivity index (χ0n) is 10.6. The van der Waals surface area contributed by atoms with Crippen LogP contribution in [0.1, 0.15) is 22.6 Å². The molecule has 1 aromatic heterocycles. The van der Waals surface area contributed by atoms with Crippen molar-refractivity contribution in [3.8, 4) is 0 Å². The highest BCUT2D eigenvalue weighted by Crippen LogP contribution is 2.06. The summed E-state index contributed by atoms with van der Waals surface area (Å²) in [6, 6.07) is 8.06. The van der Waals surface area contributed by atoms with E-state index in [9.17, 15) is 4.79 Å². The minimum Gasteiger partial charge on any atom is -0.448 e. The molecular formula is C14H16N2O2. The molecule has 0 aliphatic rings. The van der Waals surface area contributed by atoms with Crippen LogP contribution in [0.2, 0.25) is 0 Å². The van der Waals surface area contributed by atoms with E-state index < -0.39 is 0 Å². The number of benzene rings is 1. The molecule has 0 saturated carbocycles. The molecule has 1 heterocycles. The number of nitrogens with zero attached hydrogens (tertiary/aromatic N) is 1. The van der Waals surface area contributed by atoms with Crippen LogP contribution in [0.5, 0.6) is 0 Å². The number of carbonyl (C=O) groups excluding carboxylic acids is 1. The van der Waals surface area contributed by atoms with Gasteiger partial charge in [-0.1, -0.05) is 29.8 Å². The second kappa shape index (κ2) is 5.49. The number of nitrogens with one attached hydrogen (secondary N) is 1. The summed E-state index contributed by atoms with van der Waals surface area (Å²) in [5, 5.41) is 2.86. The van der Waals surface area contributed by atoms with Crippen molar-refractivity contribution >= 4 is 5.91 Å². The lowest BCUT2D eigenvalue weighted by molar-refractivity contribution is -0.120. The van der Waals surface area contributed by atoms with E-state index in [0.717, 1.165) is 11.3 Å². The number of amides is 1. The number of carbonyl (C=O) groups is 1. The van der Waals surface area contributed by atoms with Gasteiger partial charge in [-0.05, 0) is 19.4 Å². The van der Waals surface area contributed by atoms with Crippen LogP contribution in [-0.2, 0) is 17.8 Å². The zero-order chi connectivity index (χ0) is 13.0. The van der Waals surface area contributed by atoms with E-state index in [1.807, 2.05) is 32.0 Å².